The van der Waals surface area contributed by atoms with Gasteiger partial charge >= 0.3 is 8.80 Å². The molecular formula is C7H14O3Si. The maximum absolute atomic E-state index is 8.95. The lowest BCUT2D eigenvalue weighted by Gasteiger charge is -2.24. The Balaban J connectivity index is 2.54. The van der Waals surface area contributed by atoms with Crippen LogP contribution in [0.4, 0.5) is 0 Å². The van der Waals surface area contributed by atoms with Crippen molar-refractivity contribution in [3.05, 3.63) is 11.6 Å². The molecule has 1 aliphatic carbocycles. The molecule has 3 nitrogen and oxygen atoms in total. The Morgan fingerprint density at radius 2 is 2.09 bits per heavy atom. The highest BCUT2D eigenvalue weighted by atomic mass is 28.4. The zero-order valence-corrected chi connectivity index (χ0v) is 7.62. The van der Waals surface area contributed by atoms with Gasteiger partial charge in [-0.3, -0.25) is 0 Å². The van der Waals surface area contributed by atoms with Crippen molar-refractivity contribution in [2.45, 2.75) is 31.7 Å². The molecule has 1 rings (SSSR count). The van der Waals surface area contributed by atoms with Crippen LogP contribution in [-0.4, -0.2) is 23.2 Å². The van der Waals surface area contributed by atoms with Crippen LogP contribution in [0.5, 0.6) is 0 Å². The van der Waals surface area contributed by atoms with Gasteiger partial charge in [-0.1, -0.05) is 11.6 Å². The molecule has 0 saturated carbocycles. The first kappa shape index (κ1) is 8.93. The van der Waals surface area contributed by atoms with E-state index in [0.717, 1.165) is 6.42 Å². The molecule has 11 heavy (non-hydrogen) atoms. The van der Waals surface area contributed by atoms with Gasteiger partial charge in [0, 0.05) is 5.54 Å². The highest BCUT2D eigenvalue weighted by Gasteiger charge is 2.38. The summed E-state index contributed by atoms with van der Waals surface area (Å²) in [4.78, 5) is 26.8. The lowest BCUT2D eigenvalue weighted by molar-refractivity contribution is 0.205. The van der Waals surface area contributed by atoms with Crippen LogP contribution in [0.2, 0.25) is 5.54 Å². The van der Waals surface area contributed by atoms with Crippen LogP contribution in [0.1, 0.15) is 26.2 Å². The molecule has 0 amide bonds. The van der Waals surface area contributed by atoms with E-state index < -0.39 is 8.80 Å². The minimum absolute atomic E-state index is 0.286. The minimum atomic E-state index is -3.83. The van der Waals surface area contributed by atoms with Crippen LogP contribution < -0.4 is 0 Å². The van der Waals surface area contributed by atoms with Gasteiger partial charge in [-0.05, 0) is 26.2 Å². The first-order valence-electron chi connectivity index (χ1n) is 3.83. The summed E-state index contributed by atoms with van der Waals surface area (Å²) in [5.74, 6) is 0. The largest absolute Gasteiger partial charge is 0.496 e. The second-order valence-electron chi connectivity index (χ2n) is 3.21. The van der Waals surface area contributed by atoms with Crippen molar-refractivity contribution in [2.75, 3.05) is 0 Å². The lowest BCUT2D eigenvalue weighted by atomic mass is 10.0. The van der Waals surface area contributed by atoms with Crippen molar-refractivity contribution in [3.63, 3.8) is 0 Å². The molecule has 1 atom stereocenters. The Labute approximate surface area is 67.4 Å². The van der Waals surface area contributed by atoms with Crippen molar-refractivity contribution in [3.8, 4) is 0 Å². The van der Waals surface area contributed by atoms with Gasteiger partial charge in [-0.2, -0.15) is 0 Å². The second kappa shape index (κ2) is 3.06. The summed E-state index contributed by atoms with van der Waals surface area (Å²) in [6.45, 7) is 2.02. The van der Waals surface area contributed by atoms with E-state index in [-0.39, 0.29) is 5.54 Å². The fourth-order valence-electron chi connectivity index (χ4n) is 1.32. The van der Waals surface area contributed by atoms with Gasteiger partial charge in [0.25, 0.3) is 0 Å². The van der Waals surface area contributed by atoms with Crippen molar-refractivity contribution in [1.82, 2.24) is 0 Å². The van der Waals surface area contributed by atoms with Crippen LogP contribution in [0.25, 0.3) is 0 Å². The zero-order valence-electron chi connectivity index (χ0n) is 6.62. The van der Waals surface area contributed by atoms with E-state index in [1.165, 1.54) is 5.57 Å². The topological polar surface area (TPSA) is 60.7 Å². The molecule has 3 N–H and O–H groups in total. The minimum Gasteiger partial charge on any atom is -0.390 e. The Bertz CT molecular complexity index is 171. The molecule has 0 aromatic carbocycles. The predicted molar refractivity (Wildman–Crippen MR) is 43.8 cm³/mol. The molecule has 4 heteroatoms. The maximum Gasteiger partial charge on any atom is 0.496 e. The fourth-order valence-corrected chi connectivity index (χ4v) is 2.28. The van der Waals surface area contributed by atoms with Crippen molar-refractivity contribution in [2.24, 2.45) is 0 Å². The van der Waals surface area contributed by atoms with E-state index in [4.69, 9.17) is 14.4 Å². The van der Waals surface area contributed by atoms with E-state index in [9.17, 15) is 0 Å². The Morgan fingerprint density at radius 1 is 1.45 bits per heavy atom. The van der Waals surface area contributed by atoms with Gasteiger partial charge in [-0.25, -0.2) is 0 Å². The number of allylic oxidation sites excluding steroid dienone is 2. The third-order valence-corrected chi connectivity index (χ3v) is 3.81. The third kappa shape index (κ3) is 2.41. The third-order valence-electron chi connectivity index (χ3n) is 2.19. The molecule has 0 fully saturated rings. The quantitative estimate of drug-likeness (QED) is 0.398. The van der Waals surface area contributed by atoms with Gasteiger partial charge < -0.3 is 14.4 Å². The maximum atomic E-state index is 8.95. The Kier molecular flexibility index (Phi) is 2.49. The van der Waals surface area contributed by atoms with Crippen molar-refractivity contribution in [1.29, 1.82) is 0 Å². The van der Waals surface area contributed by atoms with Crippen molar-refractivity contribution < 1.29 is 14.4 Å². The van der Waals surface area contributed by atoms with Crippen LogP contribution in [0.15, 0.2) is 11.6 Å². The van der Waals surface area contributed by atoms with E-state index in [1.807, 2.05) is 13.0 Å². The smallest absolute Gasteiger partial charge is 0.390 e. The standard InChI is InChI=1S/C7H14O3Si/c1-6-2-4-7(5-3-6)11(8,9)10/h2,7-10H,3-5H2,1H3. The lowest BCUT2D eigenvalue weighted by Crippen LogP contribution is -2.41. The monoisotopic (exact) mass is 174 g/mol. The van der Waals surface area contributed by atoms with Crippen LogP contribution in [0.3, 0.4) is 0 Å². The molecule has 0 aromatic rings. The molecule has 0 aromatic heterocycles. The highest BCUT2D eigenvalue weighted by Crippen LogP contribution is 2.31. The summed E-state index contributed by atoms with van der Waals surface area (Å²) in [7, 11) is -3.83. The molecule has 0 aliphatic heterocycles. The van der Waals surface area contributed by atoms with Crippen LogP contribution >= 0.6 is 0 Å². The summed E-state index contributed by atoms with van der Waals surface area (Å²) < 4.78 is 0. The second-order valence-corrected chi connectivity index (χ2v) is 5.40. The molecule has 1 unspecified atom stereocenters. The summed E-state index contributed by atoms with van der Waals surface area (Å²) in [6.07, 6.45) is 4.17. The van der Waals surface area contributed by atoms with Gasteiger partial charge in [-0.15, -0.1) is 0 Å². The summed E-state index contributed by atoms with van der Waals surface area (Å²) >= 11 is 0. The average Bonchev–Trinajstić information content (AvgIpc) is 1.86. The molecule has 0 radical (unpaired) electrons. The van der Waals surface area contributed by atoms with Crippen molar-refractivity contribution >= 4 is 8.80 Å². The van der Waals surface area contributed by atoms with Gasteiger partial charge in [0.2, 0.25) is 0 Å². The van der Waals surface area contributed by atoms with E-state index in [0.29, 0.717) is 12.8 Å². The number of rotatable bonds is 1. The summed E-state index contributed by atoms with van der Waals surface area (Å²) in [5.41, 5.74) is 0.991. The normalized spacial score (nSPS) is 26.5. The summed E-state index contributed by atoms with van der Waals surface area (Å²) in [6, 6.07) is 0. The predicted octanol–water partition coefficient (Wildman–Crippen LogP) is 0.403. The van der Waals surface area contributed by atoms with Gasteiger partial charge in [0.1, 0.15) is 0 Å². The molecule has 64 valence electrons. The van der Waals surface area contributed by atoms with Gasteiger partial charge in [0.15, 0.2) is 0 Å². The molecule has 0 bridgehead atoms. The molecule has 0 heterocycles. The zero-order chi connectivity index (χ0) is 8.48. The average molecular weight is 174 g/mol. The number of hydrogen-bond acceptors (Lipinski definition) is 3. The molecule has 1 aliphatic rings. The molecular weight excluding hydrogens is 160 g/mol. The Hall–Kier alpha value is -0.163. The van der Waals surface area contributed by atoms with Crippen LogP contribution in [0, 0.1) is 0 Å². The molecule has 0 saturated heterocycles. The molecule has 0 spiro atoms. The fraction of sp³-hybridized carbons (Fsp3) is 0.714. The Morgan fingerprint density at radius 3 is 2.45 bits per heavy atom. The first-order valence-corrected chi connectivity index (χ1v) is 5.75. The summed E-state index contributed by atoms with van der Waals surface area (Å²) in [5, 5.41) is 0. The van der Waals surface area contributed by atoms with E-state index >= 15 is 0 Å². The van der Waals surface area contributed by atoms with Gasteiger partial charge in [0.05, 0.1) is 0 Å². The highest BCUT2D eigenvalue weighted by molar-refractivity contribution is 6.58. The first-order chi connectivity index (χ1) is 5.00. The van der Waals surface area contributed by atoms with E-state index in [1.54, 1.807) is 0 Å². The van der Waals surface area contributed by atoms with E-state index in [2.05, 4.69) is 0 Å². The number of hydrogen-bond donors (Lipinski definition) is 3. The SMILES string of the molecule is CC1=CCC([Si](O)(O)O)CC1. The van der Waals surface area contributed by atoms with Crippen LogP contribution in [-0.2, 0) is 0 Å².